The van der Waals surface area contributed by atoms with Gasteiger partial charge in [-0.25, -0.2) is 4.79 Å². The van der Waals surface area contributed by atoms with Crippen molar-refractivity contribution in [2.75, 3.05) is 12.3 Å². The van der Waals surface area contributed by atoms with Gasteiger partial charge >= 0.3 is 5.97 Å². The molecular formula is C19H20BrN3O2. The van der Waals surface area contributed by atoms with Crippen molar-refractivity contribution in [3.05, 3.63) is 62.2 Å². The number of anilines is 1. The number of aryl methyl sites for hydroxylation is 1. The van der Waals surface area contributed by atoms with Gasteiger partial charge in [-0.1, -0.05) is 25.5 Å². The molecule has 0 fully saturated rings. The third-order valence-electron chi connectivity index (χ3n) is 4.15. The predicted octanol–water partition coefficient (Wildman–Crippen LogP) is 3.25. The molecule has 2 aromatic rings. The monoisotopic (exact) mass is 401 g/mol. The first kappa shape index (κ1) is 17.6. The number of ether oxygens (including phenoxy) is 1. The summed E-state index contributed by atoms with van der Waals surface area (Å²) in [5, 5.41) is 1.60. The number of carbonyl (C=O) groups is 1. The molecule has 0 bridgehead atoms. The van der Waals surface area contributed by atoms with Crippen LogP contribution in [0.5, 0.6) is 0 Å². The van der Waals surface area contributed by atoms with Gasteiger partial charge < -0.3 is 10.5 Å². The molecule has 1 atom stereocenters. The number of rotatable bonds is 5. The van der Waals surface area contributed by atoms with Crippen molar-refractivity contribution in [3.63, 3.8) is 0 Å². The quantitative estimate of drug-likeness (QED) is 0.474. The summed E-state index contributed by atoms with van der Waals surface area (Å²) in [5.74, 6) is -0.297. The minimum absolute atomic E-state index is 0.297. The molecule has 1 aliphatic heterocycles. The summed E-state index contributed by atoms with van der Waals surface area (Å²) in [6.07, 6.45) is 1.55. The maximum Gasteiger partial charge on any atom is 0.338 e. The molecule has 0 unspecified atom stereocenters. The fourth-order valence-electron chi connectivity index (χ4n) is 2.60. The molecule has 130 valence electrons. The fourth-order valence-corrected chi connectivity index (χ4v) is 3.22. The van der Waals surface area contributed by atoms with Crippen molar-refractivity contribution in [1.82, 2.24) is 0 Å². The highest BCUT2D eigenvalue weighted by Gasteiger charge is 2.17. The second kappa shape index (κ2) is 7.35. The molecule has 2 N–H and O–H groups in total. The average Bonchev–Trinajstić information content (AvgIpc) is 3.04. The molecule has 2 aromatic carbocycles. The van der Waals surface area contributed by atoms with Gasteiger partial charge in [0.05, 0.1) is 27.7 Å². The molecule has 5 nitrogen and oxygen atoms in total. The van der Waals surface area contributed by atoms with E-state index in [2.05, 4.69) is 32.8 Å². The first-order chi connectivity index (χ1) is 12.0. The lowest BCUT2D eigenvalue weighted by Gasteiger charge is -2.07. The van der Waals surface area contributed by atoms with Gasteiger partial charge in [0.1, 0.15) is 5.36 Å². The van der Waals surface area contributed by atoms with Crippen molar-refractivity contribution < 1.29 is 9.53 Å². The number of carbonyl (C=O) groups excluding carboxylic acids is 1. The van der Waals surface area contributed by atoms with Crippen molar-refractivity contribution >= 4 is 27.6 Å². The van der Waals surface area contributed by atoms with E-state index >= 15 is 0 Å². The lowest BCUT2D eigenvalue weighted by atomic mass is 10.1. The molecule has 0 aliphatic carbocycles. The normalized spacial score (nSPS) is 15.2. The molecule has 1 aliphatic rings. The van der Waals surface area contributed by atoms with E-state index in [0.717, 1.165) is 39.2 Å². The summed E-state index contributed by atoms with van der Waals surface area (Å²) >= 11 is 3.50. The molecule has 0 radical (unpaired) electrons. The van der Waals surface area contributed by atoms with Gasteiger partial charge in [-0.2, -0.15) is 0 Å². The van der Waals surface area contributed by atoms with Crippen LogP contribution in [0.1, 0.15) is 47.4 Å². The van der Waals surface area contributed by atoms with Crippen LogP contribution in [0, 0.1) is 6.92 Å². The Morgan fingerprint density at radius 3 is 2.68 bits per heavy atom. The number of fused-ring (bicyclic) bond motifs is 1. The first-order valence-electron chi connectivity index (χ1n) is 8.28. The number of nitrogens with zero attached hydrogens (tertiary/aromatic N) is 2. The van der Waals surface area contributed by atoms with Crippen LogP contribution in [0.15, 0.2) is 44.8 Å². The Labute approximate surface area is 154 Å². The largest absolute Gasteiger partial charge is 0.462 e. The number of unbranched alkanes of at least 4 members (excludes halogenated alkanes) is 1. The van der Waals surface area contributed by atoms with Gasteiger partial charge in [-0.3, -0.25) is 9.98 Å². The average molecular weight is 402 g/mol. The smallest absolute Gasteiger partial charge is 0.338 e. The minimum Gasteiger partial charge on any atom is -0.462 e. The van der Waals surface area contributed by atoms with E-state index in [1.165, 1.54) is 0 Å². The Morgan fingerprint density at radius 1 is 1.28 bits per heavy atom. The van der Waals surface area contributed by atoms with Gasteiger partial charge in [0.25, 0.3) is 0 Å². The van der Waals surface area contributed by atoms with E-state index in [9.17, 15) is 4.79 Å². The second-order valence-electron chi connectivity index (χ2n) is 6.03. The number of halogens is 1. The molecule has 1 heterocycles. The Balaban J connectivity index is 1.82. The van der Waals surface area contributed by atoms with E-state index in [1.54, 1.807) is 12.1 Å². The summed E-state index contributed by atoms with van der Waals surface area (Å²) in [6.45, 7) is 4.46. The van der Waals surface area contributed by atoms with Gasteiger partial charge in [0.2, 0.25) is 0 Å². The highest BCUT2D eigenvalue weighted by atomic mass is 79.9. The Kier molecular flexibility index (Phi) is 5.18. The minimum atomic E-state index is -0.322. The molecule has 6 heteroatoms. The van der Waals surface area contributed by atoms with E-state index in [4.69, 9.17) is 10.5 Å². The SMILES string of the molecule is CCCCOC(=O)c1ccc([C@@H]2N=c3cc(C)c(N)c(Br)c3=N2)cc1. The molecule has 0 saturated carbocycles. The lowest BCUT2D eigenvalue weighted by Crippen LogP contribution is -2.24. The fraction of sp³-hybridized carbons (Fsp3) is 0.316. The topological polar surface area (TPSA) is 77.0 Å². The van der Waals surface area contributed by atoms with E-state index in [-0.39, 0.29) is 12.1 Å². The molecule has 0 saturated heterocycles. The number of benzene rings is 2. The molecule has 3 rings (SSSR count). The lowest BCUT2D eigenvalue weighted by molar-refractivity contribution is 0.0499. The number of nitrogen functional groups attached to an aromatic ring is 1. The van der Waals surface area contributed by atoms with E-state index in [0.29, 0.717) is 17.9 Å². The number of nitrogens with two attached hydrogens (primary N) is 1. The molecule has 25 heavy (non-hydrogen) atoms. The molecular weight excluding hydrogens is 382 g/mol. The van der Waals surface area contributed by atoms with Crippen molar-refractivity contribution in [3.8, 4) is 0 Å². The standard InChI is InChI=1S/C19H20BrN3O2/c1-3-4-9-25-19(24)13-7-5-12(6-8-13)18-22-14-10-11(2)16(21)15(20)17(14)23-18/h5-8,10,18H,3-4,9,21H2,1-2H3/t18-/m1/s1. The number of esters is 1. The van der Waals surface area contributed by atoms with Crippen LogP contribution in [0.25, 0.3) is 0 Å². The predicted molar refractivity (Wildman–Crippen MR) is 100.0 cm³/mol. The van der Waals surface area contributed by atoms with Crippen molar-refractivity contribution in [2.24, 2.45) is 9.98 Å². The maximum absolute atomic E-state index is 12.0. The number of hydrogen-bond acceptors (Lipinski definition) is 5. The van der Waals surface area contributed by atoms with Crippen LogP contribution in [-0.2, 0) is 4.74 Å². The van der Waals surface area contributed by atoms with Gasteiger partial charge in [-0.15, -0.1) is 0 Å². The van der Waals surface area contributed by atoms with Crippen molar-refractivity contribution in [1.29, 1.82) is 0 Å². The van der Waals surface area contributed by atoms with E-state index in [1.807, 2.05) is 25.1 Å². The van der Waals surface area contributed by atoms with Gasteiger partial charge in [-0.05, 0) is 58.6 Å². The van der Waals surface area contributed by atoms with Crippen molar-refractivity contribution in [2.45, 2.75) is 32.9 Å². The van der Waals surface area contributed by atoms with E-state index < -0.39 is 0 Å². The maximum atomic E-state index is 12.0. The molecule has 0 amide bonds. The summed E-state index contributed by atoms with van der Waals surface area (Å²) in [6, 6.07) is 9.19. The zero-order valence-electron chi connectivity index (χ0n) is 14.3. The summed E-state index contributed by atoms with van der Waals surface area (Å²) in [7, 11) is 0. The number of hydrogen-bond donors (Lipinski definition) is 1. The first-order valence-corrected chi connectivity index (χ1v) is 9.08. The van der Waals surface area contributed by atoms with Crippen LogP contribution in [0.2, 0.25) is 0 Å². The highest BCUT2D eigenvalue weighted by molar-refractivity contribution is 9.10. The Hall–Kier alpha value is -2.21. The second-order valence-corrected chi connectivity index (χ2v) is 6.83. The Morgan fingerprint density at radius 2 is 2.00 bits per heavy atom. The van der Waals surface area contributed by atoms with Crippen LogP contribution < -0.4 is 16.4 Å². The van der Waals surface area contributed by atoms with Crippen LogP contribution in [0.3, 0.4) is 0 Å². The van der Waals surface area contributed by atoms with Gasteiger partial charge in [0.15, 0.2) is 6.17 Å². The summed E-state index contributed by atoms with van der Waals surface area (Å²) in [4.78, 5) is 21.3. The Bertz CT molecular complexity index is 923. The third-order valence-corrected chi connectivity index (χ3v) is 4.96. The molecule has 0 aromatic heterocycles. The van der Waals surface area contributed by atoms with Crippen LogP contribution in [-0.4, -0.2) is 12.6 Å². The highest BCUT2D eigenvalue weighted by Crippen LogP contribution is 2.23. The van der Waals surface area contributed by atoms with Crippen LogP contribution >= 0.6 is 15.9 Å². The summed E-state index contributed by atoms with van der Waals surface area (Å²) < 4.78 is 6.00. The third kappa shape index (κ3) is 3.58. The zero-order chi connectivity index (χ0) is 18.0. The van der Waals surface area contributed by atoms with Gasteiger partial charge in [0, 0.05) is 0 Å². The zero-order valence-corrected chi connectivity index (χ0v) is 15.8. The molecule has 0 spiro atoms. The summed E-state index contributed by atoms with van der Waals surface area (Å²) in [5.41, 5.74) is 9.15. The van der Waals surface area contributed by atoms with Crippen LogP contribution in [0.4, 0.5) is 5.69 Å².